The molecule has 0 radical (unpaired) electrons. The number of aromatic amines is 1. The third-order valence-corrected chi connectivity index (χ3v) is 8.12. The molecule has 0 saturated carbocycles. The Morgan fingerprint density at radius 2 is 2.03 bits per heavy atom. The lowest BCUT2D eigenvalue weighted by molar-refractivity contribution is -0.130. The highest BCUT2D eigenvalue weighted by molar-refractivity contribution is 7.93. The Balaban J connectivity index is 1.80. The molecule has 1 aliphatic rings. The number of carbonyl (C=O) groups excluding carboxylic acids is 1. The summed E-state index contributed by atoms with van der Waals surface area (Å²) in [6.45, 7) is 0. The van der Waals surface area contributed by atoms with Gasteiger partial charge in [0, 0.05) is 34.6 Å². The Morgan fingerprint density at radius 1 is 1.27 bits per heavy atom. The number of amides is 1. The van der Waals surface area contributed by atoms with Crippen molar-refractivity contribution in [2.75, 3.05) is 7.05 Å². The van der Waals surface area contributed by atoms with Crippen molar-refractivity contribution in [3.05, 3.63) is 64.6 Å². The van der Waals surface area contributed by atoms with E-state index in [1.54, 1.807) is 18.2 Å². The number of benzene rings is 2. The van der Waals surface area contributed by atoms with Crippen molar-refractivity contribution in [2.24, 2.45) is 5.92 Å². The predicted molar refractivity (Wildman–Crippen MR) is 110 cm³/mol. The minimum absolute atomic E-state index is 0.0140. The van der Waals surface area contributed by atoms with Gasteiger partial charge in [-0.3, -0.25) is 4.79 Å². The SMILES string of the molecule is CNC(=O)C(F)(C1CCc2c([nH]c3ccc(Cl)cc23)C1)S(=O)(=O)c1cccc(F)c1. The molecule has 0 bridgehead atoms. The largest absolute Gasteiger partial charge is 0.358 e. The van der Waals surface area contributed by atoms with Crippen molar-refractivity contribution in [1.82, 2.24) is 10.3 Å². The summed E-state index contributed by atoms with van der Waals surface area (Å²) < 4.78 is 56.4. The molecule has 1 aliphatic carbocycles. The molecule has 30 heavy (non-hydrogen) atoms. The maximum Gasteiger partial charge on any atom is 0.294 e. The molecule has 0 fully saturated rings. The maximum atomic E-state index is 16.3. The molecule has 1 heterocycles. The van der Waals surface area contributed by atoms with Gasteiger partial charge in [-0.25, -0.2) is 17.2 Å². The van der Waals surface area contributed by atoms with Crippen molar-refractivity contribution in [1.29, 1.82) is 0 Å². The van der Waals surface area contributed by atoms with Crippen LogP contribution in [0.3, 0.4) is 0 Å². The quantitative estimate of drug-likeness (QED) is 0.629. The third kappa shape index (κ3) is 3.09. The number of aryl methyl sites for hydroxylation is 1. The first-order valence-electron chi connectivity index (χ1n) is 9.38. The average Bonchev–Trinajstić information content (AvgIpc) is 3.09. The van der Waals surface area contributed by atoms with Crippen LogP contribution in [0.25, 0.3) is 10.9 Å². The molecular weight excluding hydrogens is 434 g/mol. The van der Waals surface area contributed by atoms with Crippen LogP contribution in [-0.4, -0.2) is 31.4 Å². The smallest absolute Gasteiger partial charge is 0.294 e. The first-order valence-corrected chi connectivity index (χ1v) is 11.2. The first kappa shape index (κ1) is 20.8. The van der Waals surface area contributed by atoms with Crippen LogP contribution in [0.1, 0.15) is 17.7 Å². The van der Waals surface area contributed by atoms with Crippen molar-refractivity contribution in [2.45, 2.75) is 29.2 Å². The molecule has 9 heteroatoms. The van der Waals surface area contributed by atoms with E-state index in [2.05, 4.69) is 10.3 Å². The minimum Gasteiger partial charge on any atom is -0.358 e. The lowest BCUT2D eigenvalue weighted by atomic mass is 9.83. The standard InChI is InChI=1S/C21H19ClF2N2O3S/c1-25-20(27)21(24,30(28,29)15-4-2-3-14(23)11-15)12-5-7-16-17-10-13(22)6-8-18(17)26-19(16)9-12/h2-4,6,8,10-12,26H,5,7,9H2,1H3,(H,25,27). The topological polar surface area (TPSA) is 79.0 Å². The number of nitrogens with one attached hydrogen (secondary N) is 2. The molecule has 5 nitrogen and oxygen atoms in total. The number of carbonyl (C=O) groups is 1. The molecule has 2 unspecified atom stereocenters. The zero-order valence-electron chi connectivity index (χ0n) is 16.0. The monoisotopic (exact) mass is 452 g/mol. The highest BCUT2D eigenvalue weighted by Crippen LogP contribution is 2.43. The lowest BCUT2D eigenvalue weighted by Crippen LogP contribution is -2.54. The molecule has 0 saturated heterocycles. The van der Waals surface area contributed by atoms with Crippen LogP contribution in [-0.2, 0) is 27.5 Å². The van der Waals surface area contributed by atoms with Crippen LogP contribution in [0.5, 0.6) is 0 Å². The number of alkyl halides is 1. The highest BCUT2D eigenvalue weighted by atomic mass is 35.5. The normalized spacial score (nSPS) is 18.6. The van der Waals surface area contributed by atoms with Crippen LogP contribution < -0.4 is 5.32 Å². The molecule has 2 N–H and O–H groups in total. The summed E-state index contributed by atoms with van der Waals surface area (Å²) in [5, 5.41) is 0.346. The van der Waals surface area contributed by atoms with Crippen molar-refractivity contribution in [3.63, 3.8) is 0 Å². The number of sulfone groups is 1. The minimum atomic E-state index is -4.83. The Morgan fingerprint density at radius 3 is 2.73 bits per heavy atom. The van der Waals surface area contributed by atoms with Gasteiger partial charge in [-0.1, -0.05) is 17.7 Å². The summed E-state index contributed by atoms with van der Waals surface area (Å²) in [5.41, 5.74) is 2.41. The van der Waals surface area contributed by atoms with Crippen LogP contribution >= 0.6 is 11.6 Å². The van der Waals surface area contributed by atoms with Gasteiger partial charge in [0.25, 0.3) is 10.9 Å². The zero-order chi connectivity index (χ0) is 21.7. The van der Waals surface area contributed by atoms with Crippen molar-refractivity contribution < 1.29 is 22.0 Å². The van der Waals surface area contributed by atoms with Gasteiger partial charge in [-0.2, -0.15) is 0 Å². The van der Waals surface area contributed by atoms with E-state index in [0.717, 1.165) is 34.7 Å². The van der Waals surface area contributed by atoms with Crippen LogP contribution in [0.4, 0.5) is 8.78 Å². The number of hydrogen-bond donors (Lipinski definition) is 2. The summed E-state index contributed by atoms with van der Waals surface area (Å²) in [5.74, 6) is -3.24. The van der Waals surface area contributed by atoms with E-state index in [0.29, 0.717) is 17.1 Å². The van der Waals surface area contributed by atoms with E-state index in [9.17, 15) is 17.6 Å². The maximum absolute atomic E-state index is 16.3. The summed E-state index contributed by atoms with van der Waals surface area (Å²) in [6, 6.07) is 9.38. The van der Waals surface area contributed by atoms with Crippen molar-refractivity contribution >= 4 is 38.2 Å². The van der Waals surface area contributed by atoms with Gasteiger partial charge in [0.1, 0.15) is 5.82 Å². The Bertz CT molecular complexity index is 1260. The fraction of sp³-hybridized carbons (Fsp3) is 0.286. The van der Waals surface area contributed by atoms with E-state index in [4.69, 9.17) is 11.6 Å². The van der Waals surface area contributed by atoms with Gasteiger partial charge in [-0.15, -0.1) is 0 Å². The van der Waals surface area contributed by atoms with E-state index in [-0.39, 0.29) is 12.8 Å². The zero-order valence-corrected chi connectivity index (χ0v) is 17.6. The molecule has 1 amide bonds. The molecule has 3 aromatic rings. The van der Waals surface area contributed by atoms with Crippen LogP contribution in [0, 0.1) is 11.7 Å². The second-order valence-electron chi connectivity index (χ2n) is 7.40. The third-order valence-electron chi connectivity index (χ3n) is 5.71. The number of fused-ring (bicyclic) bond motifs is 3. The van der Waals surface area contributed by atoms with Crippen LogP contribution in [0.15, 0.2) is 47.4 Å². The van der Waals surface area contributed by atoms with Gasteiger partial charge in [0.15, 0.2) is 0 Å². The fourth-order valence-electron chi connectivity index (χ4n) is 4.22. The van der Waals surface area contributed by atoms with Gasteiger partial charge >= 0.3 is 0 Å². The molecule has 0 spiro atoms. The molecule has 1 aromatic heterocycles. The van der Waals surface area contributed by atoms with E-state index < -0.39 is 37.4 Å². The first-order chi connectivity index (χ1) is 14.2. The Labute approximate surface area is 177 Å². The molecule has 4 rings (SSSR count). The summed E-state index contributed by atoms with van der Waals surface area (Å²) in [6.07, 6.45) is 0.521. The molecule has 0 aliphatic heterocycles. The number of hydrogen-bond acceptors (Lipinski definition) is 3. The number of H-pyrrole nitrogens is 1. The van der Waals surface area contributed by atoms with E-state index >= 15 is 4.39 Å². The summed E-state index contributed by atoms with van der Waals surface area (Å²) >= 11 is 6.08. The average molecular weight is 453 g/mol. The number of halogens is 3. The van der Waals surface area contributed by atoms with Gasteiger partial charge < -0.3 is 10.3 Å². The summed E-state index contributed by atoms with van der Waals surface area (Å²) in [7, 11) is -3.65. The molecular formula is C21H19ClF2N2O3S. The Hall–Kier alpha value is -2.45. The number of aromatic nitrogens is 1. The molecule has 2 aromatic carbocycles. The van der Waals surface area contributed by atoms with Gasteiger partial charge in [0.05, 0.1) is 4.90 Å². The number of rotatable bonds is 4. The van der Waals surface area contributed by atoms with Gasteiger partial charge in [0.2, 0.25) is 9.84 Å². The van der Waals surface area contributed by atoms with E-state index in [1.165, 1.54) is 13.1 Å². The molecule has 2 atom stereocenters. The highest BCUT2D eigenvalue weighted by Gasteiger charge is 2.58. The van der Waals surface area contributed by atoms with Crippen molar-refractivity contribution in [3.8, 4) is 0 Å². The lowest BCUT2D eigenvalue weighted by Gasteiger charge is -2.34. The van der Waals surface area contributed by atoms with Crippen LogP contribution in [0.2, 0.25) is 5.02 Å². The fourth-order valence-corrected chi connectivity index (χ4v) is 6.25. The Kier molecular flexibility index (Phi) is 5.10. The second kappa shape index (κ2) is 7.35. The van der Waals surface area contributed by atoms with Gasteiger partial charge in [-0.05, 0) is 61.2 Å². The molecule has 158 valence electrons. The van der Waals surface area contributed by atoms with E-state index in [1.807, 2.05) is 0 Å². The summed E-state index contributed by atoms with van der Waals surface area (Å²) in [4.78, 5) is 15.2. The second-order valence-corrected chi connectivity index (χ2v) is 9.91. The predicted octanol–water partition coefficient (Wildman–Crippen LogP) is 3.95.